The average molecular weight is 214 g/mol. The molecular formula is C10H18N2O3. The lowest BCUT2D eigenvalue weighted by atomic mass is 10.2. The summed E-state index contributed by atoms with van der Waals surface area (Å²) in [5.74, 6) is -0.331. The molecule has 15 heavy (non-hydrogen) atoms. The highest BCUT2D eigenvalue weighted by Crippen LogP contribution is 2.11. The average Bonchev–Trinajstić information content (AvgIpc) is 2.76. The van der Waals surface area contributed by atoms with E-state index in [1.54, 1.807) is 0 Å². The predicted molar refractivity (Wildman–Crippen MR) is 55.3 cm³/mol. The Kier molecular flexibility index (Phi) is 5.10. The van der Waals surface area contributed by atoms with Crippen LogP contribution in [0, 0.1) is 0 Å². The van der Waals surface area contributed by atoms with Crippen molar-refractivity contribution in [3.05, 3.63) is 0 Å². The van der Waals surface area contributed by atoms with Crippen LogP contribution in [0.25, 0.3) is 0 Å². The molecule has 0 saturated carbocycles. The molecule has 1 saturated heterocycles. The summed E-state index contributed by atoms with van der Waals surface area (Å²) in [7, 11) is 0. The molecule has 1 aliphatic rings. The van der Waals surface area contributed by atoms with Crippen LogP contribution >= 0.6 is 0 Å². The number of hydrogen-bond acceptors (Lipinski definition) is 3. The number of carbonyl (C=O) groups excluding carboxylic acids is 2. The Morgan fingerprint density at radius 2 is 2.20 bits per heavy atom. The maximum atomic E-state index is 11.4. The van der Waals surface area contributed by atoms with E-state index < -0.39 is 0 Å². The predicted octanol–water partition coefficient (Wildman–Crippen LogP) is -0.192. The van der Waals surface area contributed by atoms with Crippen LogP contribution in [-0.2, 0) is 14.3 Å². The number of ether oxygens (including phenoxy) is 1. The zero-order valence-electron chi connectivity index (χ0n) is 9.04. The summed E-state index contributed by atoms with van der Waals surface area (Å²) in [4.78, 5) is 22.6. The number of nitrogens with one attached hydrogen (secondary N) is 2. The summed E-state index contributed by atoms with van der Waals surface area (Å²) in [5.41, 5.74) is 0. The Morgan fingerprint density at radius 1 is 1.40 bits per heavy atom. The molecule has 0 aromatic rings. The molecule has 5 heteroatoms. The number of amides is 2. The van der Waals surface area contributed by atoms with Crippen LogP contribution in [-0.4, -0.2) is 37.6 Å². The Bertz CT molecular complexity index is 225. The van der Waals surface area contributed by atoms with Gasteiger partial charge in [-0.3, -0.25) is 9.59 Å². The molecular weight excluding hydrogens is 196 g/mol. The van der Waals surface area contributed by atoms with E-state index in [9.17, 15) is 9.59 Å². The Hall–Kier alpha value is -1.10. The highest BCUT2D eigenvalue weighted by Gasteiger charge is 2.23. The largest absolute Gasteiger partial charge is 0.368 e. The molecule has 0 aromatic heterocycles. The zero-order valence-corrected chi connectivity index (χ0v) is 9.04. The van der Waals surface area contributed by atoms with Gasteiger partial charge in [-0.15, -0.1) is 0 Å². The van der Waals surface area contributed by atoms with Gasteiger partial charge in [-0.1, -0.05) is 6.92 Å². The lowest BCUT2D eigenvalue weighted by molar-refractivity contribution is -0.132. The SMILES string of the molecule is CCCNC(=O)CNC(=O)C1CCCO1. The highest BCUT2D eigenvalue weighted by molar-refractivity contribution is 5.86. The van der Waals surface area contributed by atoms with Gasteiger partial charge in [0, 0.05) is 13.2 Å². The fourth-order valence-corrected chi connectivity index (χ4v) is 1.39. The summed E-state index contributed by atoms with van der Waals surface area (Å²) in [6.07, 6.45) is 2.21. The van der Waals surface area contributed by atoms with E-state index in [-0.39, 0.29) is 24.5 Å². The van der Waals surface area contributed by atoms with Crippen molar-refractivity contribution in [2.45, 2.75) is 32.3 Å². The maximum absolute atomic E-state index is 11.4. The quantitative estimate of drug-likeness (QED) is 0.666. The van der Waals surface area contributed by atoms with Crippen LogP contribution in [0.2, 0.25) is 0 Å². The standard InChI is InChI=1S/C10H18N2O3/c1-2-5-11-9(13)7-12-10(14)8-4-3-6-15-8/h8H,2-7H2,1H3,(H,11,13)(H,12,14). The van der Waals surface area contributed by atoms with Gasteiger partial charge < -0.3 is 15.4 Å². The molecule has 1 fully saturated rings. The summed E-state index contributed by atoms with van der Waals surface area (Å²) in [5, 5.41) is 5.24. The molecule has 2 amide bonds. The van der Waals surface area contributed by atoms with Crippen LogP contribution in [0.3, 0.4) is 0 Å². The first-order chi connectivity index (χ1) is 7.24. The van der Waals surface area contributed by atoms with Crippen molar-refractivity contribution in [3.63, 3.8) is 0 Å². The van der Waals surface area contributed by atoms with E-state index in [4.69, 9.17) is 4.74 Å². The summed E-state index contributed by atoms with van der Waals surface area (Å²) >= 11 is 0. The molecule has 1 rings (SSSR count). The second kappa shape index (κ2) is 6.40. The van der Waals surface area contributed by atoms with Crippen molar-refractivity contribution in [2.75, 3.05) is 19.7 Å². The van der Waals surface area contributed by atoms with Crippen LogP contribution in [0.4, 0.5) is 0 Å². The molecule has 1 unspecified atom stereocenters. The van der Waals surface area contributed by atoms with Gasteiger partial charge in [0.25, 0.3) is 0 Å². The van der Waals surface area contributed by atoms with E-state index in [2.05, 4.69) is 10.6 Å². The van der Waals surface area contributed by atoms with Gasteiger partial charge in [-0.25, -0.2) is 0 Å². The Balaban J connectivity index is 2.12. The first-order valence-corrected chi connectivity index (χ1v) is 5.40. The van der Waals surface area contributed by atoms with Crippen LogP contribution < -0.4 is 10.6 Å². The molecule has 86 valence electrons. The third kappa shape index (κ3) is 4.29. The zero-order chi connectivity index (χ0) is 11.1. The molecule has 0 aromatic carbocycles. The van der Waals surface area contributed by atoms with E-state index >= 15 is 0 Å². The molecule has 2 N–H and O–H groups in total. The van der Waals surface area contributed by atoms with E-state index in [1.807, 2.05) is 6.92 Å². The molecule has 1 heterocycles. The van der Waals surface area contributed by atoms with Gasteiger partial charge in [0.2, 0.25) is 11.8 Å². The fourth-order valence-electron chi connectivity index (χ4n) is 1.39. The lowest BCUT2D eigenvalue weighted by Crippen LogP contribution is -2.41. The van der Waals surface area contributed by atoms with E-state index in [1.165, 1.54) is 0 Å². The number of rotatable bonds is 5. The summed E-state index contributed by atoms with van der Waals surface area (Å²) in [6, 6.07) is 0. The number of hydrogen-bond donors (Lipinski definition) is 2. The smallest absolute Gasteiger partial charge is 0.249 e. The van der Waals surface area contributed by atoms with Crippen molar-refractivity contribution >= 4 is 11.8 Å². The molecule has 0 aliphatic carbocycles. The third-order valence-corrected chi connectivity index (χ3v) is 2.22. The molecule has 0 spiro atoms. The third-order valence-electron chi connectivity index (χ3n) is 2.22. The van der Waals surface area contributed by atoms with Crippen molar-refractivity contribution in [2.24, 2.45) is 0 Å². The monoisotopic (exact) mass is 214 g/mol. The fraction of sp³-hybridized carbons (Fsp3) is 0.800. The Morgan fingerprint density at radius 3 is 2.80 bits per heavy atom. The van der Waals surface area contributed by atoms with Gasteiger partial charge >= 0.3 is 0 Å². The van der Waals surface area contributed by atoms with E-state index in [0.29, 0.717) is 13.2 Å². The molecule has 5 nitrogen and oxygen atoms in total. The first kappa shape index (κ1) is 12.0. The highest BCUT2D eigenvalue weighted by atomic mass is 16.5. The minimum atomic E-state index is -0.357. The van der Waals surface area contributed by atoms with Gasteiger partial charge in [-0.2, -0.15) is 0 Å². The minimum absolute atomic E-state index is 0.0404. The number of carbonyl (C=O) groups is 2. The molecule has 0 bridgehead atoms. The second-order valence-corrected chi connectivity index (χ2v) is 3.57. The topological polar surface area (TPSA) is 67.4 Å². The van der Waals surface area contributed by atoms with Gasteiger partial charge in [0.05, 0.1) is 6.54 Å². The van der Waals surface area contributed by atoms with Crippen LogP contribution in [0.1, 0.15) is 26.2 Å². The van der Waals surface area contributed by atoms with Gasteiger partial charge in [0.15, 0.2) is 0 Å². The molecule has 1 aliphatic heterocycles. The van der Waals surface area contributed by atoms with Gasteiger partial charge in [0.1, 0.15) is 6.10 Å². The van der Waals surface area contributed by atoms with Crippen LogP contribution in [0.15, 0.2) is 0 Å². The normalized spacial score (nSPS) is 19.9. The van der Waals surface area contributed by atoms with Gasteiger partial charge in [-0.05, 0) is 19.3 Å². The van der Waals surface area contributed by atoms with Crippen molar-refractivity contribution < 1.29 is 14.3 Å². The maximum Gasteiger partial charge on any atom is 0.249 e. The Labute approximate surface area is 89.6 Å². The summed E-state index contributed by atoms with van der Waals surface area (Å²) < 4.78 is 5.18. The van der Waals surface area contributed by atoms with Crippen LogP contribution in [0.5, 0.6) is 0 Å². The van der Waals surface area contributed by atoms with Crippen molar-refractivity contribution in [3.8, 4) is 0 Å². The molecule has 0 radical (unpaired) electrons. The minimum Gasteiger partial charge on any atom is -0.368 e. The molecule has 1 atom stereocenters. The first-order valence-electron chi connectivity index (χ1n) is 5.40. The van der Waals surface area contributed by atoms with Crippen molar-refractivity contribution in [1.82, 2.24) is 10.6 Å². The lowest BCUT2D eigenvalue weighted by Gasteiger charge is -2.10. The van der Waals surface area contributed by atoms with Crippen molar-refractivity contribution in [1.29, 1.82) is 0 Å². The summed E-state index contributed by atoms with van der Waals surface area (Å²) in [6.45, 7) is 3.30. The van der Waals surface area contributed by atoms with E-state index in [0.717, 1.165) is 19.3 Å². The second-order valence-electron chi connectivity index (χ2n) is 3.57.